The molecule has 0 saturated carbocycles. The maximum Gasteiger partial charge on any atom is 0.203 e. The molecule has 0 saturated heterocycles. The molecule has 4 heterocycles. The average molecular weight is 428 g/mol. The summed E-state index contributed by atoms with van der Waals surface area (Å²) >= 11 is 11.0. The fourth-order valence-corrected chi connectivity index (χ4v) is 5.65. The van der Waals surface area contributed by atoms with E-state index in [4.69, 9.17) is 11.6 Å². The van der Waals surface area contributed by atoms with Crippen LogP contribution in [0.4, 0.5) is 0 Å². The van der Waals surface area contributed by atoms with Crippen LogP contribution in [0.15, 0.2) is 69.7 Å². The van der Waals surface area contributed by atoms with E-state index in [9.17, 15) is 0 Å². The molecule has 5 nitrogen and oxygen atoms in total. The van der Waals surface area contributed by atoms with Crippen molar-refractivity contribution < 1.29 is 0 Å². The summed E-state index contributed by atoms with van der Waals surface area (Å²) in [4.78, 5) is 9.96. The van der Waals surface area contributed by atoms with Gasteiger partial charge in [-0.25, -0.2) is 4.98 Å². The van der Waals surface area contributed by atoms with E-state index in [1.807, 2.05) is 52.4 Å². The highest BCUT2D eigenvalue weighted by Crippen LogP contribution is 2.38. The summed E-state index contributed by atoms with van der Waals surface area (Å²) in [6.07, 6.45) is 3.56. The Morgan fingerprint density at radius 3 is 2.78 bits per heavy atom. The molecule has 27 heavy (non-hydrogen) atoms. The fourth-order valence-electron chi connectivity index (χ4n) is 2.64. The standard InChI is InChI=1S/C18H10ClN5S3/c19-12-5-1-6-13-15(12)21-18(26-13)27-17-23-22-16(14-7-3-9-25-14)24(17)11-4-2-8-20-10-11/h1-10H. The van der Waals surface area contributed by atoms with Gasteiger partial charge < -0.3 is 0 Å². The minimum Gasteiger partial charge on any atom is -0.267 e. The molecule has 5 aromatic rings. The van der Waals surface area contributed by atoms with Gasteiger partial charge in [0, 0.05) is 6.20 Å². The highest BCUT2D eigenvalue weighted by molar-refractivity contribution is 8.01. The van der Waals surface area contributed by atoms with E-state index >= 15 is 0 Å². The lowest BCUT2D eigenvalue weighted by molar-refractivity contribution is 0.881. The number of halogens is 1. The summed E-state index contributed by atoms with van der Waals surface area (Å²) in [5.74, 6) is 0.791. The Hall–Kier alpha value is -2.26. The molecular formula is C18H10ClN5S3. The van der Waals surface area contributed by atoms with Crippen LogP contribution in [0.5, 0.6) is 0 Å². The van der Waals surface area contributed by atoms with Crippen molar-refractivity contribution in [1.82, 2.24) is 24.7 Å². The number of thiazole rings is 1. The van der Waals surface area contributed by atoms with Crippen molar-refractivity contribution in [2.75, 3.05) is 0 Å². The SMILES string of the molecule is Clc1cccc2sc(Sc3nnc(-c4cccs4)n3-c3cccnc3)nc12. The second-order valence-electron chi connectivity index (χ2n) is 5.50. The van der Waals surface area contributed by atoms with Crippen molar-refractivity contribution in [1.29, 1.82) is 0 Å². The summed E-state index contributed by atoms with van der Waals surface area (Å²) in [5, 5.41) is 12.3. The summed E-state index contributed by atoms with van der Waals surface area (Å²) in [6, 6.07) is 13.7. The molecule has 4 aromatic heterocycles. The fraction of sp³-hybridized carbons (Fsp3) is 0. The van der Waals surface area contributed by atoms with E-state index < -0.39 is 0 Å². The first-order valence-corrected chi connectivity index (χ1v) is 10.8. The average Bonchev–Trinajstić information content (AvgIpc) is 3.42. The van der Waals surface area contributed by atoms with E-state index in [1.165, 1.54) is 11.8 Å². The predicted octanol–water partition coefficient (Wildman–Crippen LogP) is 5.81. The number of para-hydroxylation sites is 1. The molecule has 0 aliphatic rings. The molecule has 5 rings (SSSR count). The van der Waals surface area contributed by atoms with Crippen molar-refractivity contribution in [3.05, 3.63) is 65.3 Å². The Morgan fingerprint density at radius 1 is 1.04 bits per heavy atom. The van der Waals surface area contributed by atoms with Gasteiger partial charge in [0.05, 0.1) is 26.5 Å². The van der Waals surface area contributed by atoms with Crippen molar-refractivity contribution in [3.8, 4) is 16.4 Å². The van der Waals surface area contributed by atoms with Crippen LogP contribution in [0.25, 0.3) is 26.6 Å². The number of fused-ring (bicyclic) bond motifs is 1. The third-order valence-electron chi connectivity index (χ3n) is 3.81. The molecule has 0 radical (unpaired) electrons. The zero-order valence-corrected chi connectivity index (χ0v) is 16.8. The first-order valence-electron chi connectivity index (χ1n) is 7.92. The number of nitrogens with zero attached hydrogens (tertiary/aromatic N) is 5. The zero-order valence-electron chi connectivity index (χ0n) is 13.6. The minimum atomic E-state index is 0.656. The third kappa shape index (κ3) is 3.14. The number of pyridine rings is 1. The number of rotatable bonds is 4. The van der Waals surface area contributed by atoms with Gasteiger partial charge in [-0.1, -0.05) is 23.7 Å². The first-order chi connectivity index (χ1) is 13.3. The van der Waals surface area contributed by atoms with Gasteiger partial charge in [0.25, 0.3) is 0 Å². The molecule has 1 aromatic carbocycles. The lowest BCUT2D eigenvalue weighted by Gasteiger charge is -2.07. The molecule has 132 valence electrons. The number of hydrogen-bond donors (Lipinski definition) is 0. The van der Waals surface area contributed by atoms with Crippen LogP contribution in [-0.4, -0.2) is 24.7 Å². The van der Waals surface area contributed by atoms with Crippen LogP contribution >= 0.6 is 46.0 Å². The maximum atomic E-state index is 6.27. The minimum absolute atomic E-state index is 0.656. The number of thiophene rings is 1. The Bertz CT molecular complexity index is 1210. The zero-order chi connectivity index (χ0) is 18.2. The van der Waals surface area contributed by atoms with Gasteiger partial charge in [-0.2, -0.15) is 0 Å². The third-order valence-corrected chi connectivity index (χ3v) is 7.01. The molecule has 0 aliphatic carbocycles. The van der Waals surface area contributed by atoms with Gasteiger partial charge in [0.1, 0.15) is 5.52 Å². The van der Waals surface area contributed by atoms with Crippen LogP contribution in [0.3, 0.4) is 0 Å². The topological polar surface area (TPSA) is 56.5 Å². The summed E-state index contributed by atoms with van der Waals surface area (Å²) < 4.78 is 3.93. The number of hydrogen-bond acceptors (Lipinski definition) is 7. The smallest absolute Gasteiger partial charge is 0.203 e. The summed E-state index contributed by atoms with van der Waals surface area (Å²) in [5.41, 5.74) is 1.73. The van der Waals surface area contributed by atoms with Crippen molar-refractivity contribution in [2.24, 2.45) is 0 Å². The highest BCUT2D eigenvalue weighted by Gasteiger charge is 2.19. The van der Waals surface area contributed by atoms with Gasteiger partial charge >= 0.3 is 0 Å². The van der Waals surface area contributed by atoms with Crippen LogP contribution < -0.4 is 0 Å². The molecule has 0 unspecified atom stereocenters. The molecule has 0 atom stereocenters. The van der Waals surface area contributed by atoms with Gasteiger partial charge in [0.2, 0.25) is 5.16 Å². The molecule has 0 amide bonds. The largest absolute Gasteiger partial charge is 0.267 e. The Labute approximate surface area is 171 Å². The van der Waals surface area contributed by atoms with Crippen LogP contribution in [0.2, 0.25) is 5.02 Å². The molecule has 0 fully saturated rings. The van der Waals surface area contributed by atoms with Crippen LogP contribution in [0.1, 0.15) is 0 Å². The van der Waals surface area contributed by atoms with E-state index in [2.05, 4.69) is 20.2 Å². The van der Waals surface area contributed by atoms with Gasteiger partial charge in [-0.15, -0.1) is 32.9 Å². The monoisotopic (exact) mass is 427 g/mol. The maximum absolute atomic E-state index is 6.27. The molecule has 0 bridgehead atoms. The lowest BCUT2D eigenvalue weighted by atomic mass is 10.3. The Morgan fingerprint density at radius 2 is 2.00 bits per heavy atom. The summed E-state index contributed by atoms with van der Waals surface area (Å²) in [6.45, 7) is 0. The predicted molar refractivity (Wildman–Crippen MR) is 111 cm³/mol. The molecule has 0 N–H and O–H groups in total. The normalized spacial score (nSPS) is 11.3. The second-order valence-corrected chi connectivity index (χ2v) is 9.10. The molecule has 0 spiro atoms. The molecule has 9 heteroatoms. The highest BCUT2D eigenvalue weighted by atomic mass is 35.5. The van der Waals surface area contributed by atoms with Crippen LogP contribution in [0, 0.1) is 0 Å². The molecule has 0 aliphatic heterocycles. The summed E-state index contributed by atoms with van der Waals surface area (Å²) in [7, 11) is 0. The first kappa shape index (κ1) is 16.9. The van der Waals surface area contributed by atoms with E-state index in [1.54, 1.807) is 35.1 Å². The van der Waals surface area contributed by atoms with Crippen LogP contribution in [-0.2, 0) is 0 Å². The van der Waals surface area contributed by atoms with Gasteiger partial charge in [-0.05, 0) is 47.5 Å². The number of aromatic nitrogens is 5. The lowest BCUT2D eigenvalue weighted by Crippen LogP contribution is -1.99. The van der Waals surface area contributed by atoms with Crippen molar-refractivity contribution in [2.45, 2.75) is 9.50 Å². The van der Waals surface area contributed by atoms with E-state index in [0.717, 1.165) is 36.1 Å². The van der Waals surface area contributed by atoms with Gasteiger partial charge in [0.15, 0.2) is 10.2 Å². The van der Waals surface area contributed by atoms with Crippen molar-refractivity contribution in [3.63, 3.8) is 0 Å². The van der Waals surface area contributed by atoms with E-state index in [-0.39, 0.29) is 0 Å². The molecular weight excluding hydrogens is 418 g/mol. The van der Waals surface area contributed by atoms with E-state index in [0.29, 0.717) is 5.02 Å². The second kappa shape index (κ2) is 7.05. The Kier molecular flexibility index (Phi) is 4.41. The number of benzene rings is 1. The quantitative estimate of drug-likeness (QED) is 0.362. The van der Waals surface area contributed by atoms with Gasteiger partial charge in [-0.3, -0.25) is 9.55 Å². The Balaban J connectivity index is 1.62. The van der Waals surface area contributed by atoms with Crippen molar-refractivity contribution >= 4 is 56.3 Å².